The average molecular weight is 402 g/mol. The maximum atomic E-state index is 13.6. The van der Waals surface area contributed by atoms with Crippen LogP contribution in [0.25, 0.3) is 0 Å². The van der Waals surface area contributed by atoms with Crippen molar-refractivity contribution >= 4 is 5.91 Å². The molecule has 0 bridgehead atoms. The summed E-state index contributed by atoms with van der Waals surface area (Å²) < 4.78 is 19.5. The Hall–Kier alpha value is -2.18. The molecule has 3 rings (SSSR count). The van der Waals surface area contributed by atoms with Gasteiger partial charge in [-0.25, -0.2) is 4.39 Å². The monoisotopic (exact) mass is 401 g/mol. The van der Waals surface area contributed by atoms with Crippen molar-refractivity contribution < 1.29 is 13.6 Å². The highest BCUT2D eigenvalue weighted by Crippen LogP contribution is 2.26. The Morgan fingerprint density at radius 2 is 1.93 bits per heavy atom. The Morgan fingerprint density at radius 1 is 1.14 bits per heavy atom. The number of hydrogen-bond donors (Lipinski definition) is 1. The van der Waals surface area contributed by atoms with Crippen LogP contribution in [-0.2, 0) is 13.1 Å². The highest BCUT2D eigenvalue weighted by atomic mass is 19.1. The van der Waals surface area contributed by atoms with Gasteiger partial charge < -0.3 is 14.6 Å². The first kappa shape index (κ1) is 21.5. The van der Waals surface area contributed by atoms with Crippen molar-refractivity contribution in [2.24, 2.45) is 0 Å². The molecule has 2 aromatic rings. The van der Waals surface area contributed by atoms with E-state index in [2.05, 4.69) is 10.2 Å². The van der Waals surface area contributed by atoms with Crippen LogP contribution in [0.2, 0.25) is 0 Å². The number of carbonyl (C=O) groups is 1. The molecule has 0 spiro atoms. The molecular weight excluding hydrogens is 369 g/mol. The fourth-order valence-electron chi connectivity index (χ4n) is 3.90. The molecule has 1 aromatic heterocycles. The standard InChI is InChI=1S/C23H32FN3O2/c1-26(2)14-13-25-23(28)22-12-11-21(29-22)17-27(20-9-4-3-5-10-20)16-18-7-6-8-19(24)15-18/h6-8,11-12,15,20H,3-5,9-10,13-14,16-17H2,1-2H3,(H,25,28). The second-order valence-electron chi connectivity index (χ2n) is 8.15. The number of halogens is 1. The van der Waals surface area contributed by atoms with Crippen molar-refractivity contribution in [3.8, 4) is 0 Å². The van der Waals surface area contributed by atoms with Crippen molar-refractivity contribution in [3.05, 3.63) is 59.3 Å². The number of furan rings is 1. The topological polar surface area (TPSA) is 48.7 Å². The summed E-state index contributed by atoms with van der Waals surface area (Å²) in [5, 5.41) is 2.88. The number of carbonyl (C=O) groups excluding carboxylic acids is 1. The summed E-state index contributed by atoms with van der Waals surface area (Å²) in [4.78, 5) is 16.7. The van der Waals surface area contributed by atoms with Crippen LogP contribution in [0.4, 0.5) is 4.39 Å². The minimum absolute atomic E-state index is 0.188. The van der Waals surface area contributed by atoms with Crippen LogP contribution in [0.1, 0.15) is 54.0 Å². The number of benzene rings is 1. The Bertz CT molecular complexity index is 784. The predicted molar refractivity (Wildman–Crippen MR) is 112 cm³/mol. The normalized spacial score (nSPS) is 15.2. The van der Waals surface area contributed by atoms with Gasteiger partial charge in [-0.2, -0.15) is 0 Å². The molecule has 1 amide bonds. The van der Waals surface area contributed by atoms with E-state index in [1.165, 1.54) is 25.3 Å². The van der Waals surface area contributed by atoms with Crippen LogP contribution in [0.5, 0.6) is 0 Å². The van der Waals surface area contributed by atoms with E-state index >= 15 is 0 Å². The lowest BCUT2D eigenvalue weighted by Gasteiger charge is -2.34. The molecule has 1 aliphatic rings. The van der Waals surface area contributed by atoms with Gasteiger partial charge in [0.05, 0.1) is 6.54 Å². The number of hydrogen-bond acceptors (Lipinski definition) is 4. The molecule has 29 heavy (non-hydrogen) atoms. The molecule has 1 aromatic carbocycles. The average Bonchev–Trinajstić information content (AvgIpc) is 3.17. The van der Waals surface area contributed by atoms with Gasteiger partial charge in [0.2, 0.25) is 0 Å². The summed E-state index contributed by atoms with van der Waals surface area (Å²) in [6, 6.07) is 10.9. The van der Waals surface area contributed by atoms with E-state index in [4.69, 9.17) is 4.42 Å². The first-order valence-corrected chi connectivity index (χ1v) is 10.5. The lowest BCUT2D eigenvalue weighted by Crippen LogP contribution is -2.35. The van der Waals surface area contributed by atoms with Crippen LogP contribution >= 0.6 is 0 Å². The lowest BCUT2D eigenvalue weighted by molar-refractivity contribution is 0.0913. The molecule has 0 unspecified atom stereocenters. The summed E-state index contributed by atoms with van der Waals surface area (Å²) in [6.07, 6.45) is 6.02. The van der Waals surface area contributed by atoms with Gasteiger partial charge >= 0.3 is 0 Å². The minimum atomic E-state index is -0.208. The van der Waals surface area contributed by atoms with Crippen molar-refractivity contribution in [2.75, 3.05) is 27.2 Å². The van der Waals surface area contributed by atoms with E-state index in [-0.39, 0.29) is 11.7 Å². The van der Waals surface area contributed by atoms with E-state index < -0.39 is 0 Å². The fraction of sp³-hybridized carbons (Fsp3) is 0.522. The number of nitrogens with zero attached hydrogens (tertiary/aromatic N) is 2. The number of nitrogens with one attached hydrogen (secondary N) is 1. The molecule has 0 radical (unpaired) electrons. The van der Waals surface area contributed by atoms with E-state index in [0.29, 0.717) is 31.4 Å². The van der Waals surface area contributed by atoms with Crippen LogP contribution in [0.15, 0.2) is 40.8 Å². The number of rotatable bonds is 9. The van der Waals surface area contributed by atoms with Gasteiger partial charge in [0.1, 0.15) is 11.6 Å². The largest absolute Gasteiger partial charge is 0.455 e. The van der Waals surface area contributed by atoms with E-state index in [1.807, 2.05) is 31.1 Å². The summed E-state index contributed by atoms with van der Waals surface area (Å²) in [6.45, 7) is 2.65. The molecule has 1 aliphatic carbocycles. The second kappa shape index (κ2) is 10.6. The van der Waals surface area contributed by atoms with Crippen molar-refractivity contribution in [2.45, 2.75) is 51.2 Å². The molecule has 158 valence electrons. The van der Waals surface area contributed by atoms with Gasteiger partial charge in [-0.15, -0.1) is 0 Å². The van der Waals surface area contributed by atoms with Crippen LogP contribution < -0.4 is 5.32 Å². The van der Waals surface area contributed by atoms with E-state index in [1.54, 1.807) is 18.2 Å². The fourth-order valence-corrected chi connectivity index (χ4v) is 3.90. The van der Waals surface area contributed by atoms with Crippen molar-refractivity contribution in [1.82, 2.24) is 15.1 Å². The van der Waals surface area contributed by atoms with E-state index in [9.17, 15) is 9.18 Å². The molecule has 1 saturated carbocycles. The quantitative estimate of drug-likeness (QED) is 0.689. The maximum Gasteiger partial charge on any atom is 0.287 e. The molecule has 0 atom stereocenters. The van der Waals surface area contributed by atoms with Crippen molar-refractivity contribution in [3.63, 3.8) is 0 Å². The molecular formula is C23H32FN3O2. The Kier molecular flexibility index (Phi) is 7.83. The minimum Gasteiger partial charge on any atom is -0.455 e. The molecule has 6 heteroatoms. The third kappa shape index (κ3) is 6.68. The van der Waals surface area contributed by atoms with Gasteiger partial charge in [-0.05, 0) is 56.8 Å². The zero-order chi connectivity index (χ0) is 20.6. The first-order chi connectivity index (χ1) is 14.0. The van der Waals surface area contributed by atoms with Crippen LogP contribution in [0, 0.1) is 5.82 Å². The summed E-state index contributed by atoms with van der Waals surface area (Å²) >= 11 is 0. The highest BCUT2D eigenvalue weighted by molar-refractivity contribution is 5.91. The Balaban J connectivity index is 1.65. The van der Waals surface area contributed by atoms with Crippen LogP contribution in [0.3, 0.4) is 0 Å². The molecule has 1 heterocycles. The second-order valence-corrected chi connectivity index (χ2v) is 8.15. The van der Waals surface area contributed by atoms with Gasteiger partial charge in [0, 0.05) is 25.7 Å². The molecule has 0 aliphatic heterocycles. The third-order valence-electron chi connectivity index (χ3n) is 5.45. The van der Waals surface area contributed by atoms with Crippen LogP contribution in [-0.4, -0.2) is 48.9 Å². The SMILES string of the molecule is CN(C)CCNC(=O)c1ccc(CN(Cc2cccc(F)c2)C2CCCCC2)o1. The predicted octanol–water partition coefficient (Wildman–Crippen LogP) is 4.05. The zero-order valence-corrected chi connectivity index (χ0v) is 17.5. The van der Waals surface area contributed by atoms with Gasteiger partial charge in [0.25, 0.3) is 5.91 Å². The summed E-state index contributed by atoms with van der Waals surface area (Å²) in [7, 11) is 3.94. The van der Waals surface area contributed by atoms with Crippen molar-refractivity contribution in [1.29, 1.82) is 0 Å². The lowest BCUT2D eigenvalue weighted by atomic mass is 9.93. The third-order valence-corrected chi connectivity index (χ3v) is 5.45. The summed E-state index contributed by atoms with van der Waals surface area (Å²) in [5.41, 5.74) is 0.962. The van der Waals surface area contributed by atoms with Gasteiger partial charge in [-0.1, -0.05) is 31.4 Å². The van der Waals surface area contributed by atoms with E-state index in [0.717, 1.165) is 30.7 Å². The molecule has 1 N–H and O–H groups in total. The molecule has 0 saturated heterocycles. The molecule has 1 fully saturated rings. The van der Waals surface area contributed by atoms with Gasteiger partial charge in [-0.3, -0.25) is 9.69 Å². The first-order valence-electron chi connectivity index (χ1n) is 10.5. The highest BCUT2D eigenvalue weighted by Gasteiger charge is 2.23. The summed E-state index contributed by atoms with van der Waals surface area (Å²) in [5.74, 6) is 0.714. The molecule has 5 nitrogen and oxygen atoms in total. The Morgan fingerprint density at radius 3 is 2.66 bits per heavy atom. The Labute approximate surface area is 172 Å². The number of likely N-dealkylation sites (N-methyl/N-ethyl adjacent to an activating group) is 1. The smallest absolute Gasteiger partial charge is 0.287 e. The zero-order valence-electron chi connectivity index (χ0n) is 17.5. The number of amides is 1. The maximum absolute atomic E-state index is 13.6. The van der Waals surface area contributed by atoms with Gasteiger partial charge in [0.15, 0.2) is 5.76 Å².